The van der Waals surface area contributed by atoms with E-state index in [-0.39, 0.29) is 10.6 Å². The number of sulfonamides is 1. The van der Waals surface area contributed by atoms with E-state index in [2.05, 4.69) is 10.0 Å². The first-order valence-corrected chi connectivity index (χ1v) is 10.7. The van der Waals surface area contributed by atoms with Crippen molar-refractivity contribution < 1.29 is 26.7 Å². The summed E-state index contributed by atoms with van der Waals surface area (Å²) in [7, 11) is -3.82. The molecule has 0 saturated carbocycles. The highest BCUT2D eigenvalue weighted by atomic mass is 32.2. The molecule has 2 N–H and O–H groups in total. The van der Waals surface area contributed by atoms with Gasteiger partial charge in [-0.1, -0.05) is 23.8 Å². The van der Waals surface area contributed by atoms with Crippen molar-refractivity contribution in [2.75, 3.05) is 16.6 Å². The number of carbonyl (C=O) groups excluding carboxylic acids is 1. The molecule has 1 amide bonds. The molecule has 0 aliphatic heterocycles. The van der Waals surface area contributed by atoms with Gasteiger partial charge in [-0.3, -0.25) is 9.52 Å². The summed E-state index contributed by atoms with van der Waals surface area (Å²) in [6.07, 6.45) is 0. The fraction of sp³-hybridized carbons (Fsp3) is 0.136. The van der Waals surface area contributed by atoms with Crippen molar-refractivity contribution >= 4 is 27.3 Å². The third-order valence-corrected chi connectivity index (χ3v) is 5.73. The number of carbonyl (C=O) groups is 1. The zero-order valence-corrected chi connectivity index (χ0v) is 17.6. The predicted molar refractivity (Wildman–Crippen MR) is 114 cm³/mol. The van der Waals surface area contributed by atoms with Crippen LogP contribution in [0.15, 0.2) is 65.6 Å². The Labute approximate surface area is 178 Å². The number of halogens is 2. The average Bonchev–Trinajstić information content (AvgIpc) is 2.71. The number of hydrogen-bond donors (Lipinski definition) is 2. The number of benzene rings is 3. The molecule has 0 bridgehead atoms. The second kappa shape index (κ2) is 9.13. The molecule has 0 unspecified atom stereocenters. The molecule has 0 atom stereocenters. The molecule has 0 radical (unpaired) electrons. The Hall–Kier alpha value is -3.46. The quantitative estimate of drug-likeness (QED) is 0.564. The molecular formula is C22H20F2N2O4S. The number of para-hydroxylation sites is 1. The lowest BCUT2D eigenvalue weighted by molar-refractivity contribution is -0.118. The summed E-state index contributed by atoms with van der Waals surface area (Å²) in [4.78, 5) is 12.0. The van der Waals surface area contributed by atoms with Gasteiger partial charge in [0, 0.05) is 5.69 Å². The summed E-state index contributed by atoms with van der Waals surface area (Å²) in [6, 6.07) is 14.3. The SMILES string of the molecule is Cc1ccc(NS(=O)(=O)c2ccc(OCC(=O)Nc3c(F)cccc3F)c(C)c2)cc1. The summed E-state index contributed by atoms with van der Waals surface area (Å²) in [5, 5.41) is 2.12. The normalized spacial score (nSPS) is 11.1. The van der Waals surface area contributed by atoms with Gasteiger partial charge < -0.3 is 10.1 Å². The molecule has 3 aromatic carbocycles. The third-order valence-electron chi connectivity index (χ3n) is 4.35. The molecule has 0 fully saturated rings. The molecule has 3 aromatic rings. The zero-order chi connectivity index (χ0) is 22.6. The molecule has 0 saturated heterocycles. The molecule has 3 rings (SSSR count). The zero-order valence-electron chi connectivity index (χ0n) is 16.8. The van der Waals surface area contributed by atoms with Crippen LogP contribution in [0.4, 0.5) is 20.2 Å². The van der Waals surface area contributed by atoms with Gasteiger partial charge in [0.25, 0.3) is 15.9 Å². The minimum Gasteiger partial charge on any atom is -0.483 e. The Kier molecular flexibility index (Phi) is 6.55. The van der Waals surface area contributed by atoms with Crippen LogP contribution in [0, 0.1) is 25.5 Å². The molecular weight excluding hydrogens is 426 g/mol. The van der Waals surface area contributed by atoms with Crippen LogP contribution in [0.3, 0.4) is 0 Å². The van der Waals surface area contributed by atoms with Crippen LogP contribution in [-0.2, 0) is 14.8 Å². The largest absolute Gasteiger partial charge is 0.483 e. The molecule has 0 heterocycles. The van der Waals surface area contributed by atoms with Crippen molar-refractivity contribution in [3.8, 4) is 5.75 Å². The van der Waals surface area contributed by atoms with Crippen molar-refractivity contribution in [3.63, 3.8) is 0 Å². The highest BCUT2D eigenvalue weighted by Gasteiger charge is 2.17. The van der Waals surface area contributed by atoms with E-state index in [0.717, 1.165) is 17.7 Å². The van der Waals surface area contributed by atoms with E-state index in [4.69, 9.17) is 4.74 Å². The fourth-order valence-corrected chi connectivity index (χ4v) is 3.87. The van der Waals surface area contributed by atoms with Gasteiger partial charge in [-0.25, -0.2) is 17.2 Å². The minimum absolute atomic E-state index is 0.0239. The second-order valence-corrected chi connectivity index (χ2v) is 8.51. The van der Waals surface area contributed by atoms with Crippen molar-refractivity contribution in [1.82, 2.24) is 0 Å². The molecule has 0 aliphatic rings. The van der Waals surface area contributed by atoms with Gasteiger partial charge in [0.2, 0.25) is 0 Å². The van der Waals surface area contributed by atoms with E-state index in [9.17, 15) is 22.0 Å². The standard InChI is InChI=1S/C22H20F2N2O4S/c1-14-6-8-16(9-7-14)26-31(28,29)17-10-11-20(15(2)12-17)30-13-21(27)25-22-18(23)4-3-5-19(22)24/h3-12,26H,13H2,1-2H3,(H,25,27). The van der Waals surface area contributed by atoms with Crippen LogP contribution < -0.4 is 14.8 Å². The lowest BCUT2D eigenvalue weighted by Crippen LogP contribution is -2.22. The van der Waals surface area contributed by atoms with Crippen molar-refractivity contribution in [3.05, 3.63) is 83.4 Å². The molecule has 31 heavy (non-hydrogen) atoms. The summed E-state index contributed by atoms with van der Waals surface area (Å²) >= 11 is 0. The maximum Gasteiger partial charge on any atom is 0.262 e. The Balaban J connectivity index is 1.66. The van der Waals surface area contributed by atoms with Crippen LogP contribution in [0.1, 0.15) is 11.1 Å². The highest BCUT2D eigenvalue weighted by molar-refractivity contribution is 7.92. The van der Waals surface area contributed by atoms with Crippen LogP contribution in [0.25, 0.3) is 0 Å². The number of hydrogen-bond acceptors (Lipinski definition) is 4. The van der Waals surface area contributed by atoms with Crippen LogP contribution in [0.5, 0.6) is 5.75 Å². The summed E-state index contributed by atoms with van der Waals surface area (Å²) < 4.78 is 60.3. The topological polar surface area (TPSA) is 84.5 Å². The van der Waals surface area contributed by atoms with E-state index in [1.807, 2.05) is 6.92 Å². The summed E-state index contributed by atoms with van der Waals surface area (Å²) in [5.41, 5.74) is 1.34. The average molecular weight is 446 g/mol. The monoisotopic (exact) mass is 446 g/mol. The second-order valence-electron chi connectivity index (χ2n) is 6.83. The molecule has 0 aliphatic carbocycles. The summed E-state index contributed by atoms with van der Waals surface area (Å²) in [5.74, 6) is -2.31. The predicted octanol–water partition coefficient (Wildman–Crippen LogP) is 4.40. The maximum absolute atomic E-state index is 13.6. The molecule has 0 aromatic heterocycles. The van der Waals surface area contributed by atoms with E-state index < -0.39 is 39.9 Å². The lowest BCUT2D eigenvalue weighted by Gasteiger charge is -2.13. The van der Waals surface area contributed by atoms with Gasteiger partial charge in [0.1, 0.15) is 23.1 Å². The van der Waals surface area contributed by atoms with Crippen molar-refractivity contribution in [2.24, 2.45) is 0 Å². The first kappa shape index (κ1) is 22.2. The van der Waals surface area contributed by atoms with Crippen LogP contribution >= 0.6 is 0 Å². The van der Waals surface area contributed by atoms with Gasteiger partial charge in [-0.15, -0.1) is 0 Å². The van der Waals surface area contributed by atoms with Crippen molar-refractivity contribution in [1.29, 1.82) is 0 Å². The Morgan fingerprint density at radius 2 is 1.61 bits per heavy atom. The number of amides is 1. The van der Waals surface area contributed by atoms with Gasteiger partial charge in [0.15, 0.2) is 6.61 Å². The fourth-order valence-electron chi connectivity index (χ4n) is 2.72. The van der Waals surface area contributed by atoms with Crippen LogP contribution in [0.2, 0.25) is 0 Å². The molecule has 6 nitrogen and oxygen atoms in total. The van der Waals surface area contributed by atoms with E-state index in [1.54, 1.807) is 31.2 Å². The highest BCUT2D eigenvalue weighted by Crippen LogP contribution is 2.24. The Morgan fingerprint density at radius 3 is 2.23 bits per heavy atom. The van der Waals surface area contributed by atoms with Gasteiger partial charge >= 0.3 is 0 Å². The smallest absolute Gasteiger partial charge is 0.262 e. The number of ether oxygens (including phenoxy) is 1. The minimum atomic E-state index is -3.82. The Morgan fingerprint density at radius 1 is 0.968 bits per heavy atom. The maximum atomic E-state index is 13.6. The van der Waals surface area contributed by atoms with Gasteiger partial charge in [0.05, 0.1) is 4.90 Å². The van der Waals surface area contributed by atoms with E-state index in [1.165, 1.54) is 24.3 Å². The van der Waals surface area contributed by atoms with E-state index in [0.29, 0.717) is 11.3 Å². The summed E-state index contributed by atoms with van der Waals surface area (Å²) in [6.45, 7) is 3.00. The molecule has 0 spiro atoms. The first-order valence-electron chi connectivity index (χ1n) is 9.22. The number of aryl methyl sites for hydroxylation is 2. The number of nitrogens with one attached hydrogen (secondary N) is 2. The van der Waals surface area contributed by atoms with Gasteiger partial charge in [-0.05, 0) is 61.9 Å². The molecule has 162 valence electrons. The Bertz CT molecular complexity index is 1190. The van der Waals surface area contributed by atoms with Crippen molar-refractivity contribution in [2.45, 2.75) is 18.7 Å². The third kappa shape index (κ3) is 5.58. The molecule has 9 heteroatoms. The van der Waals surface area contributed by atoms with Gasteiger partial charge in [-0.2, -0.15) is 0 Å². The first-order chi connectivity index (χ1) is 14.7. The lowest BCUT2D eigenvalue weighted by atomic mass is 10.2. The van der Waals surface area contributed by atoms with Crippen LogP contribution in [-0.4, -0.2) is 20.9 Å². The number of anilines is 2. The number of rotatable bonds is 7. The van der Waals surface area contributed by atoms with E-state index >= 15 is 0 Å².